The van der Waals surface area contributed by atoms with E-state index in [4.69, 9.17) is 9.68 Å². The highest BCUT2D eigenvalue weighted by atomic mass is 19.4. The fraction of sp³-hybridized carbons (Fsp3) is 0.188. The second-order valence-corrected chi connectivity index (χ2v) is 5.00. The third-order valence-electron chi connectivity index (χ3n) is 3.00. The molecular formula is C16H11F6NO3. The van der Waals surface area contributed by atoms with E-state index in [1.165, 1.54) is 0 Å². The monoisotopic (exact) mass is 379 g/mol. The Bertz CT molecular complexity index is 694. The number of carbonyl (C=O) groups excluding carboxylic acids is 1. The lowest BCUT2D eigenvalue weighted by atomic mass is 10.2. The van der Waals surface area contributed by atoms with E-state index in [0.717, 1.165) is 55.5 Å². The van der Waals surface area contributed by atoms with E-state index < -0.39 is 29.4 Å². The van der Waals surface area contributed by atoms with Crippen molar-refractivity contribution in [1.82, 2.24) is 5.23 Å². The molecule has 0 aliphatic rings. The Labute approximate surface area is 143 Å². The molecule has 0 unspecified atom stereocenters. The van der Waals surface area contributed by atoms with Crippen LogP contribution in [-0.2, 0) is 17.1 Å². The number of amides is 1. The van der Waals surface area contributed by atoms with Gasteiger partial charge in [0.1, 0.15) is 0 Å². The van der Waals surface area contributed by atoms with Crippen LogP contribution in [0.3, 0.4) is 0 Å². The maximum absolute atomic E-state index is 12.5. The normalized spacial score (nSPS) is 11.8. The molecule has 0 saturated carbocycles. The Hall–Kier alpha value is -2.91. The second-order valence-electron chi connectivity index (χ2n) is 5.00. The van der Waals surface area contributed by atoms with Gasteiger partial charge < -0.3 is 9.68 Å². The van der Waals surface area contributed by atoms with E-state index in [1.54, 1.807) is 0 Å². The first-order valence-electron chi connectivity index (χ1n) is 6.98. The third kappa shape index (κ3) is 5.04. The smallest absolute Gasteiger partial charge is 0.343 e. The molecule has 26 heavy (non-hydrogen) atoms. The summed E-state index contributed by atoms with van der Waals surface area (Å²) >= 11 is 0. The van der Waals surface area contributed by atoms with Gasteiger partial charge in [0.15, 0.2) is 11.5 Å². The summed E-state index contributed by atoms with van der Waals surface area (Å²) in [7, 11) is 0. The molecule has 2 rings (SSSR count). The van der Waals surface area contributed by atoms with Crippen molar-refractivity contribution in [3.63, 3.8) is 0 Å². The molecule has 1 amide bonds. The highest BCUT2D eigenvalue weighted by Gasteiger charge is 2.31. The molecule has 0 bridgehead atoms. The van der Waals surface area contributed by atoms with Crippen molar-refractivity contribution in [3.8, 4) is 11.5 Å². The fourth-order valence-electron chi connectivity index (χ4n) is 1.75. The lowest BCUT2D eigenvalue weighted by Gasteiger charge is -2.20. The van der Waals surface area contributed by atoms with Gasteiger partial charge in [-0.1, -0.05) is 0 Å². The van der Waals surface area contributed by atoms with Crippen LogP contribution in [0.4, 0.5) is 26.3 Å². The number of alkyl halides is 6. The first kappa shape index (κ1) is 19.4. The zero-order valence-electron chi connectivity index (χ0n) is 13.1. The van der Waals surface area contributed by atoms with Crippen molar-refractivity contribution in [3.05, 3.63) is 59.7 Å². The first-order chi connectivity index (χ1) is 12.0. The number of nitrogens with zero attached hydrogens (tertiary/aromatic N) is 1. The molecule has 0 aromatic heterocycles. The fourth-order valence-corrected chi connectivity index (χ4v) is 1.75. The molecule has 0 radical (unpaired) electrons. The summed E-state index contributed by atoms with van der Waals surface area (Å²) < 4.78 is 75.0. The van der Waals surface area contributed by atoms with Crippen molar-refractivity contribution >= 4 is 5.91 Å². The number of rotatable bonds is 4. The molecule has 2 aromatic carbocycles. The summed E-state index contributed by atoms with van der Waals surface area (Å²) in [4.78, 5) is 21.6. The Morgan fingerprint density at radius 2 is 1.04 bits per heavy atom. The first-order valence-corrected chi connectivity index (χ1v) is 6.98. The molecular weight excluding hydrogens is 368 g/mol. The second kappa shape index (κ2) is 7.14. The summed E-state index contributed by atoms with van der Waals surface area (Å²) in [6, 6.07) is 6.84. The highest BCUT2D eigenvalue weighted by molar-refractivity contribution is 5.71. The third-order valence-corrected chi connectivity index (χ3v) is 3.00. The predicted molar refractivity (Wildman–Crippen MR) is 76.7 cm³/mol. The SMILES string of the molecule is CC(=O)N(Oc1ccc(C(F)(F)F)cc1)Oc1ccc(C(F)(F)F)cc1. The minimum Gasteiger partial charge on any atom is -0.343 e. The lowest BCUT2D eigenvalue weighted by Crippen LogP contribution is -2.35. The van der Waals surface area contributed by atoms with E-state index in [0.29, 0.717) is 5.23 Å². The van der Waals surface area contributed by atoms with E-state index in [9.17, 15) is 31.1 Å². The van der Waals surface area contributed by atoms with Gasteiger partial charge in [0.05, 0.1) is 11.1 Å². The maximum Gasteiger partial charge on any atom is 0.416 e. The van der Waals surface area contributed by atoms with Crippen molar-refractivity contribution < 1.29 is 40.8 Å². The molecule has 0 fully saturated rings. The van der Waals surface area contributed by atoms with Gasteiger partial charge in [0.25, 0.3) is 5.91 Å². The number of hydrogen-bond acceptors (Lipinski definition) is 3. The minimum absolute atomic E-state index is 0.139. The van der Waals surface area contributed by atoms with Crippen molar-refractivity contribution in [2.24, 2.45) is 0 Å². The zero-order chi connectivity index (χ0) is 19.5. The van der Waals surface area contributed by atoms with Gasteiger partial charge in [0.2, 0.25) is 0 Å². The summed E-state index contributed by atoms with van der Waals surface area (Å²) in [5.41, 5.74) is -1.83. The number of hydroxylamine groups is 2. The molecule has 140 valence electrons. The molecule has 0 N–H and O–H groups in total. The van der Waals surface area contributed by atoms with Gasteiger partial charge in [0, 0.05) is 12.2 Å². The maximum atomic E-state index is 12.5. The molecule has 0 heterocycles. The number of carbonyl (C=O) groups is 1. The summed E-state index contributed by atoms with van der Waals surface area (Å²) in [6.07, 6.45) is -9.06. The molecule has 4 nitrogen and oxygen atoms in total. The molecule has 0 spiro atoms. The number of benzene rings is 2. The average molecular weight is 379 g/mol. The summed E-state index contributed by atoms with van der Waals surface area (Å²) in [5, 5.41) is 0.338. The minimum atomic E-state index is -4.53. The molecule has 0 saturated heterocycles. The topological polar surface area (TPSA) is 38.8 Å². The van der Waals surface area contributed by atoms with Gasteiger partial charge in [-0.2, -0.15) is 26.3 Å². The zero-order valence-corrected chi connectivity index (χ0v) is 13.1. The molecule has 2 aromatic rings. The van der Waals surface area contributed by atoms with Gasteiger partial charge in [-0.3, -0.25) is 4.79 Å². The Morgan fingerprint density at radius 1 is 0.731 bits per heavy atom. The Kier molecular flexibility index (Phi) is 5.33. The molecule has 0 aliphatic carbocycles. The van der Waals surface area contributed by atoms with Crippen molar-refractivity contribution in [1.29, 1.82) is 0 Å². The van der Waals surface area contributed by atoms with Gasteiger partial charge in [-0.15, -0.1) is 0 Å². The lowest BCUT2D eigenvalue weighted by molar-refractivity contribution is -0.243. The largest absolute Gasteiger partial charge is 0.416 e. The van der Waals surface area contributed by atoms with Crippen LogP contribution in [0.2, 0.25) is 0 Å². The van der Waals surface area contributed by atoms with E-state index in [1.807, 2.05) is 0 Å². The quantitative estimate of drug-likeness (QED) is 0.563. The highest BCUT2D eigenvalue weighted by Crippen LogP contribution is 2.31. The Balaban J connectivity index is 2.11. The standard InChI is InChI=1S/C16H11F6NO3/c1-10(24)23(25-13-6-2-11(3-7-13)15(17,18)19)26-14-8-4-12(5-9-14)16(20,21)22/h2-9H,1H3. The van der Waals surface area contributed by atoms with Crippen LogP contribution in [0.1, 0.15) is 18.1 Å². The van der Waals surface area contributed by atoms with Gasteiger partial charge >= 0.3 is 12.4 Å². The average Bonchev–Trinajstić information content (AvgIpc) is 2.53. The number of hydrogen-bond donors (Lipinski definition) is 0. The van der Waals surface area contributed by atoms with Crippen LogP contribution < -0.4 is 9.68 Å². The van der Waals surface area contributed by atoms with Crippen LogP contribution in [0.15, 0.2) is 48.5 Å². The summed E-state index contributed by atoms with van der Waals surface area (Å²) in [6.45, 7) is 1.04. The van der Waals surface area contributed by atoms with Crippen molar-refractivity contribution in [2.45, 2.75) is 19.3 Å². The van der Waals surface area contributed by atoms with Gasteiger partial charge in [-0.05, 0) is 48.5 Å². The molecule has 0 atom stereocenters. The Morgan fingerprint density at radius 3 is 1.27 bits per heavy atom. The number of halogens is 6. The van der Waals surface area contributed by atoms with Gasteiger partial charge in [-0.25, -0.2) is 0 Å². The predicted octanol–water partition coefficient (Wildman–Crippen LogP) is 4.86. The summed E-state index contributed by atoms with van der Waals surface area (Å²) in [5.74, 6) is -1.06. The van der Waals surface area contributed by atoms with Crippen molar-refractivity contribution in [2.75, 3.05) is 0 Å². The van der Waals surface area contributed by atoms with Crippen LogP contribution in [-0.4, -0.2) is 11.1 Å². The van der Waals surface area contributed by atoms with Crippen LogP contribution >= 0.6 is 0 Å². The van der Waals surface area contributed by atoms with E-state index in [2.05, 4.69) is 0 Å². The van der Waals surface area contributed by atoms with Crippen LogP contribution in [0.5, 0.6) is 11.5 Å². The van der Waals surface area contributed by atoms with E-state index >= 15 is 0 Å². The van der Waals surface area contributed by atoms with E-state index in [-0.39, 0.29) is 11.5 Å². The van der Waals surface area contributed by atoms with Crippen LogP contribution in [0, 0.1) is 0 Å². The molecule has 0 aliphatic heterocycles. The van der Waals surface area contributed by atoms with Crippen LogP contribution in [0.25, 0.3) is 0 Å². The molecule has 10 heteroatoms.